The molecule has 5 aliphatic rings. The van der Waals surface area contributed by atoms with E-state index < -0.39 is 89.3 Å². The third kappa shape index (κ3) is 6.08. The average molecular weight is 674 g/mol. The summed E-state index contributed by atoms with van der Waals surface area (Å²) in [5, 5.41) is 25.9. The number of aliphatic hydroxyl groups excluding tert-OH is 2. The quantitative estimate of drug-likeness (QED) is 0.123. The van der Waals surface area contributed by atoms with Gasteiger partial charge in [0.15, 0.2) is 6.04 Å². The number of carbonyl (C=O) groups excluding carboxylic acids is 5. The number of nitrogens with zero attached hydrogens (tertiary/aromatic N) is 1. The lowest BCUT2D eigenvalue weighted by Crippen LogP contribution is -2.71. The van der Waals surface area contributed by atoms with E-state index in [0.29, 0.717) is 11.1 Å². The summed E-state index contributed by atoms with van der Waals surface area (Å²) >= 11 is 0. The monoisotopic (exact) mass is 673 g/mol. The minimum atomic E-state index is -1.57. The Balaban J connectivity index is 1.23. The van der Waals surface area contributed by atoms with Crippen LogP contribution in [0.2, 0.25) is 0 Å². The lowest BCUT2D eigenvalue weighted by atomic mass is 9.62. The van der Waals surface area contributed by atoms with Crippen molar-refractivity contribution in [3.8, 4) is 0 Å². The van der Waals surface area contributed by atoms with Crippen LogP contribution in [0.1, 0.15) is 38.3 Å². The number of fused-ring (bicyclic) bond motifs is 4. The molecular formula is C32H39N3O13. The molecule has 9 atom stereocenters. The predicted molar refractivity (Wildman–Crippen MR) is 160 cm³/mol. The number of ether oxygens (including phenoxy) is 5. The van der Waals surface area contributed by atoms with E-state index in [9.17, 15) is 29.1 Å². The SMILES string of the molecule is CC(O)C(NC(=O)C12CC3OC(=O)C1N(Cc1cccc(C=CC(=O)OC4C(=O)OCC4(C)C)c1)OC2C1OCOC31)C(=O)NCCO. The molecule has 1 aromatic rings. The fourth-order valence-electron chi connectivity index (χ4n) is 7.03. The number of nitrogens with one attached hydrogen (secondary N) is 2. The highest BCUT2D eigenvalue weighted by atomic mass is 16.8. The third-order valence-corrected chi connectivity index (χ3v) is 9.40. The number of carbonyl (C=O) groups is 5. The largest absolute Gasteiger partial charge is 0.462 e. The summed E-state index contributed by atoms with van der Waals surface area (Å²) in [5.74, 6) is -3.45. The molecule has 260 valence electrons. The second-order valence-electron chi connectivity index (χ2n) is 13.3. The van der Waals surface area contributed by atoms with Gasteiger partial charge in [0, 0.05) is 24.5 Å². The van der Waals surface area contributed by atoms with Crippen LogP contribution < -0.4 is 10.6 Å². The zero-order chi connectivity index (χ0) is 34.4. The van der Waals surface area contributed by atoms with Crippen LogP contribution in [-0.4, -0.2) is 120 Å². The molecule has 1 aromatic carbocycles. The first-order valence-corrected chi connectivity index (χ1v) is 15.7. The van der Waals surface area contributed by atoms with Crippen molar-refractivity contribution in [3.05, 3.63) is 41.5 Å². The molecule has 4 saturated heterocycles. The minimum absolute atomic E-state index is 0.0131. The molecule has 4 N–H and O–H groups in total. The summed E-state index contributed by atoms with van der Waals surface area (Å²) in [7, 11) is 0. The van der Waals surface area contributed by atoms with Crippen molar-refractivity contribution in [2.24, 2.45) is 10.8 Å². The number of rotatable bonds is 11. The molecule has 0 aromatic heterocycles. The van der Waals surface area contributed by atoms with Gasteiger partial charge in [-0.15, -0.1) is 0 Å². The van der Waals surface area contributed by atoms with E-state index in [4.69, 9.17) is 33.6 Å². The molecule has 16 heteroatoms. The summed E-state index contributed by atoms with van der Waals surface area (Å²) in [6.45, 7) is 4.51. The molecule has 5 fully saturated rings. The van der Waals surface area contributed by atoms with Crippen LogP contribution in [0.5, 0.6) is 0 Å². The molecule has 0 radical (unpaired) electrons. The summed E-state index contributed by atoms with van der Waals surface area (Å²) in [5.41, 5.74) is -0.966. The van der Waals surface area contributed by atoms with Crippen LogP contribution in [-0.2, 0) is 59.0 Å². The Hall–Kier alpha value is -3.93. The zero-order valence-corrected chi connectivity index (χ0v) is 26.7. The van der Waals surface area contributed by atoms with E-state index in [1.54, 1.807) is 38.1 Å². The lowest BCUT2D eigenvalue weighted by Gasteiger charge is -2.49. The molecule has 6 rings (SSSR count). The van der Waals surface area contributed by atoms with Gasteiger partial charge in [0.05, 0.1) is 19.3 Å². The lowest BCUT2D eigenvalue weighted by molar-refractivity contribution is -0.201. The number of aliphatic hydroxyl groups is 2. The smallest absolute Gasteiger partial charge is 0.348 e. The van der Waals surface area contributed by atoms with E-state index in [0.717, 1.165) is 0 Å². The van der Waals surface area contributed by atoms with E-state index in [1.165, 1.54) is 24.1 Å². The van der Waals surface area contributed by atoms with Crippen molar-refractivity contribution in [3.63, 3.8) is 0 Å². The molecule has 9 unspecified atom stereocenters. The van der Waals surface area contributed by atoms with Crippen molar-refractivity contribution >= 4 is 35.8 Å². The second kappa shape index (κ2) is 13.2. The molecule has 16 nitrogen and oxygen atoms in total. The number of hydrogen-bond donors (Lipinski definition) is 4. The molecule has 1 aliphatic carbocycles. The Morgan fingerprint density at radius 2 is 1.94 bits per heavy atom. The van der Waals surface area contributed by atoms with Gasteiger partial charge in [-0.25, -0.2) is 9.59 Å². The zero-order valence-electron chi connectivity index (χ0n) is 26.7. The van der Waals surface area contributed by atoms with E-state index in [2.05, 4.69) is 10.6 Å². The summed E-state index contributed by atoms with van der Waals surface area (Å²) in [6.07, 6.45) is -2.85. The Kier molecular flexibility index (Phi) is 9.32. The number of cyclic esters (lactones) is 1. The average Bonchev–Trinajstić information content (AvgIpc) is 3.74. The Morgan fingerprint density at radius 3 is 2.65 bits per heavy atom. The van der Waals surface area contributed by atoms with Gasteiger partial charge < -0.3 is 44.5 Å². The minimum Gasteiger partial charge on any atom is -0.462 e. The molecule has 4 heterocycles. The Bertz CT molecular complexity index is 1500. The number of benzene rings is 1. The predicted octanol–water partition coefficient (Wildman–Crippen LogP) is -1.29. The first-order chi connectivity index (χ1) is 22.9. The van der Waals surface area contributed by atoms with Crippen molar-refractivity contribution in [1.29, 1.82) is 0 Å². The molecule has 0 spiro atoms. The summed E-state index contributed by atoms with van der Waals surface area (Å²) < 4.78 is 27.7. The summed E-state index contributed by atoms with van der Waals surface area (Å²) in [4.78, 5) is 71.6. The van der Waals surface area contributed by atoms with Gasteiger partial charge in [-0.05, 0) is 24.1 Å². The van der Waals surface area contributed by atoms with E-state index >= 15 is 0 Å². The highest BCUT2D eigenvalue weighted by Crippen LogP contribution is 2.55. The van der Waals surface area contributed by atoms with Crippen LogP contribution in [0.3, 0.4) is 0 Å². The van der Waals surface area contributed by atoms with Gasteiger partial charge in [0.1, 0.15) is 49.3 Å². The fourth-order valence-corrected chi connectivity index (χ4v) is 7.03. The van der Waals surface area contributed by atoms with Crippen LogP contribution in [0.4, 0.5) is 0 Å². The maximum atomic E-state index is 14.3. The topological polar surface area (TPSA) is 208 Å². The van der Waals surface area contributed by atoms with Crippen LogP contribution in [0, 0.1) is 10.8 Å². The van der Waals surface area contributed by atoms with Crippen molar-refractivity contribution < 1.29 is 62.7 Å². The number of amides is 2. The molecule has 48 heavy (non-hydrogen) atoms. The highest BCUT2D eigenvalue weighted by Gasteiger charge is 2.74. The Labute approximate surface area is 275 Å². The van der Waals surface area contributed by atoms with Crippen molar-refractivity contribution in [2.75, 3.05) is 26.6 Å². The van der Waals surface area contributed by atoms with Gasteiger partial charge in [0.2, 0.25) is 17.9 Å². The number of hydroxylamine groups is 2. The number of hydrogen-bond acceptors (Lipinski definition) is 14. The van der Waals surface area contributed by atoms with Gasteiger partial charge >= 0.3 is 17.9 Å². The third-order valence-electron chi connectivity index (χ3n) is 9.40. The Morgan fingerprint density at radius 1 is 1.17 bits per heavy atom. The molecule has 1 saturated carbocycles. The van der Waals surface area contributed by atoms with Crippen LogP contribution in [0.25, 0.3) is 6.08 Å². The van der Waals surface area contributed by atoms with E-state index in [1.807, 2.05) is 0 Å². The standard InChI is InChI=1S/C32H39N3O13/c1-16(37)21(27(39)33-9-10-36)34-30(42)32-12-19-22-23(45-15-44-22)25(32)48-35(24(32)28(40)46-19)13-18-6-4-5-17(11-18)7-8-20(38)47-26-29(41)43-14-31(26,2)3/h4-8,11,16,19,21-26,36-37H,9-10,12-15H2,1-3H3,(H,33,39)(H,34,42). The number of esters is 3. The van der Waals surface area contributed by atoms with Crippen LogP contribution in [0.15, 0.2) is 30.3 Å². The maximum absolute atomic E-state index is 14.3. The van der Waals surface area contributed by atoms with Gasteiger partial charge in [-0.1, -0.05) is 38.1 Å². The van der Waals surface area contributed by atoms with Gasteiger partial charge in [-0.3, -0.25) is 19.2 Å². The van der Waals surface area contributed by atoms with Crippen LogP contribution >= 0.6 is 0 Å². The van der Waals surface area contributed by atoms with Gasteiger partial charge in [-0.2, -0.15) is 5.06 Å². The molecule has 2 bridgehead atoms. The molecular weight excluding hydrogens is 634 g/mol. The van der Waals surface area contributed by atoms with E-state index in [-0.39, 0.29) is 39.5 Å². The van der Waals surface area contributed by atoms with Gasteiger partial charge in [0.25, 0.3) is 0 Å². The second-order valence-corrected chi connectivity index (χ2v) is 13.3. The van der Waals surface area contributed by atoms with Crippen molar-refractivity contribution in [2.45, 2.75) is 82.4 Å². The maximum Gasteiger partial charge on any atom is 0.348 e. The first-order valence-electron chi connectivity index (χ1n) is 15.7. The van der Waals surface area contributed by atoms with Crippen molar-refractivity contribution in [1.82, 2.24) is 15.7 Å². The summed E-state index contributed by atoms with van der Waals surface area (Å²) in [6, 6.07) is 4.37. The molecule has 4 aliphatic heterocycles. The fraction of sp³-hybridized carbons (Fsp3) is 0.594. The highest BCUT2D eigenvalue weighted by molar-refractivity contribution is 5.96. The normalized spacial score (nSPS) is 33.0. The first kappa shape index (κ1) is 34.0. The molecule has 2 amide bonds.